The molecule has 0 aliphatic carbocycles. The molecule has 1 fully saturated rings. The van der Waals surface area contributed by atoms with E-state index < -0.39 is 0 Å². The van der Waals surface area contributed by atoms with E-state index in [1.807, 2.05) is 6.92 Å². The number of piperidine rings is 1. The molecular formula is C12H19ClN4O2. The lowest BCUT2D eigenvalue weighted by Crippen LogP contribution is -2.44. The zero-order chi connectivity index (χ0) is 13.8. The number of nitrogens with zero attached hydrogens (tertiary/aromatic N) is 4. The molecule has 2 unspecified atom stereocenters. The summed E-state index contributed by atoms with van der Waals surface area (Å²) in [6.07, 6.45) is 1.21. The molecule has 0 bridgehead atoms. The number of ether oxygens (including phenoxy) is 2. The molecule has 0 amide bonds. The first-order chi connectivity index (χ1) is 9.13. The lowest BCUT2D eigenvalue weighted by atomic mass is 9.96. The van der Waals surface area contributed by atoms with Crippen molar-refractivity contribution in [3.8, 4) is 6.01 Å². The largest absolute Gasteiger partial charge is 0.464 e. The molecule has 0 aromatic carbocycles. The molecular weight excluding hydrogens is 268 g/mol. The Morgan fingerprint density at radius 2 is 2.16 bits per heavy atom. The van der Waals surface area contributed by atoms with E-state index in [0.29, 0.717) is 18.5 Å². The summed E-state index contributed by atoms with van der Waals surface area (Å²) in [5.74, 6) is 1.09. The Morgan fingerprint density at radius 1 is 1.37 bits per heavy atom. The molecule has 1 aromatic rings. The van der Waals surface area contributed by atoms with Crippen LogP contribution in [0.15, 0.2) is 0 Å². The molecule has 0 radical (unpaired) electrons. The number of hydrogen-bond acceptors (Lipinski definition) is 6. The smallest absolute Gasteiger partial charge is 0.322 e. The second-order valence-electron chi connectivity index (χ2n) is 4.61. The third-order valence-electron chi connectivity index (χ3n) is 3.32. The maximum Gasteiger partial charge on any atom is 0.322 e. The second-order valence-corrected chi connectivity index (χ2v) is 4.94. The Bertz CT molecular complexity index is 432. The standard InChI is InChI=1S/C12H19ClN4O2/c1-4-19-12-15-10(13)14-11(16-12)17-6-5-8(2)9(7-17)18-3/h8-9H,4-7H2,1-3H3. The van der Waals surface area contributed by atoms with Crippen molar-refractivity contribution in [1.29, 1.82) is 0 Å². The number of hydrogen-bond donors (Lipinski definition) is 0. The number of halogens is 1. The number of aromatic nitrogens is 3. The summed E-state index contributed by atoms with van der Waals surface area (Å²) in [6, 6.07) is 0.269. The average molecular weight is 287 g/mol. The lowest BCUT2D eigenvalue weighted by molar-refractivity contribution is 0.0494. The molecule has 2 heterocycles. The van der Waals surface area contributed by atoms with E-state index in [-0.39, 0.29) is 17.4 Å². The molecule has 7 heteroatoms. The van der Waals surface area contributed by atoms with Gasteiger partial charge in [0, 0.05) is 20.2 Å². The van der Waals surface area contributed by atoms with Gasteiger partial charge in [0.25, 0.3) is 0 Å². The summed E-state index contributed by atoms with van der Waals surface area (Å²) in [5.41, 5.74) is 0. The molecule has 1 aliphatic rings. The fourth-order valence-electron chi connectivity index (χ4n) is 2.18. The Balaban J connectivity index is 2.17. The molecule has 1 aliphatic heterocycles. The molecule has 2 atom stereocenters. The molecule has 0 saturated carbocycles. The van der Waals surface area contributed by atoms with Crippen molar-refractivity contribution in [2.45, 2.75) is 26.4 Å². The number of anilines is 1. The van der Waals surface area contributed by atoms with E-state index in [4.69, 9.17) is 21.1 Å². The van der Waals surface area contributed by atoms with Crippen molar-refractivity contribution >= 4 is 17.5 Å². The summed E-state index contributed by atoms with van der Waals surface area (Å²) in [4.78, 5) is 14.4. The molecule has 19 heavy (non-hydrogen) atoms. The van der Waals surface area contributed by atoms with Gasteiger partial charge in [-0.1, -0.05) is 6.92 Å². The van der Waals surface area contributed by atoms with Crippen LogP contribution in [0.4, 0.5) is 5.95 Å². The van der Waals surface area contributed by atoms with E-state index in [9.17, 15) is 0 Å². The molecule has 1 aromatic heterocycles. The Labute approximate surface area is 118 Å². The SMILES string of the molecule is CCOc1nc(Cl)nc(N2CCC(C)C(OC)C2)n1. The molecule has 1 saturated heterocycles. The first-order valence-corrected chi connectivity index (χ1v) is 6.84. The normalized spacial score (nSPS) is 23.5. The highest BCUT2D eigenvalue weighted by molar-refractivity contribution is 6.28. The van der Waals surface area contributed by atoms with Gasteiger partial charge in [-0.25, -0.2) is 0 Å². The minimum absolute atomic E-state index is 0.154. The first kappa shape index (κ1) is 14.3. The summed E-state index contributed by atoms with van der Waals surface area (Å²) >= 11 is 5.90. The fourth-order valence-corrected chi connectivity index (χ4v) is 2.33. The van der Waals surface area contributed by atoms with Gasteiger partial charge in [-0.05, 0) is 30.9 Å². The minimum atomic E-state index is 0.154. The van der Waals surface area contributed by atoms with Crippen LogP contribution in [0.1, 0.15) is 20.3 Å². The molecule has 6 nitrogen and oxygen atoms in total. The van der Waals surface area contributed by atoms with Crippen LogP contribution >= 0.6 is 11.6 Å². The van der Waals surface area contributed by atoms with Crippen LogP contribution in [0.2, 0.25) is 5.28 Å². The maximum absolute atomic E-state index is 5.90. The van der Waals surface area contributed by atoms with Crippen LogP contribution in [0.5, 0.6) is 6.01 Å². The van der Waals surface area contributed by atoms with Crippen LogP contribution in [-0.2, 0) is 4.74 Å². The highest BCUT2D eigenvalue weighted by atomic mass is 35.5. The summed E-state index contributed by atoms with van der Waals surface area (Å²) < 4.78 is 10.8. The van der Waals surface area contributed by atoms with Gasteiger partial charge in [-0.15, -0.1) is 0 Å². The van der Waals surface area contributed by atoms with Gasteiger partial charge in [-0.2, -0.15) is 15.0 Å². The third-order valence-corrected chi connectivity index (χ3v) is 3.49. The predicted octanol–water partition coefficient (Wildman–Crippen LogP) is 1.78. The first-order valence-electron chi connectivity index (χ1n) is 6.46. The van der Waals surface area contributed by atoms with Crippen LogP contribution in [0, 0.1) is 5.92 Å². The van der Waals surface area contributed by atoms with E-state index >= 15 is 0 Å². The van der Waals surface area contributed by atoms with Crippen molar-refractivity contribution < 1.29 is 9.47 Å². The maximum atomic E-state index is 5.90. The van der Waals surface area contributed by atoms with E-state index in [2.05, 4.69) is 26.8 Å². The van der Waals surface area contributed by atoms with Gasteiger partial charge in [0.15, 0.2) is 0 Å². The van der Waals surface area contributed by atoms with Crippen molar-refractivity contribution in [3.05, 3.63) is 5.28 Å². The Morgan fingerprint density at radius 3 is 2.84 bits per heavy atom. The van der Waals surface area contributed by atoms with Crippen LogP contribution in [0.25, 0.3) is 0 Å². The third kappa shape index (κ3) is 3.45. The lowest BCUT2D eigenvalue weighted by Gasteiger charge is -2.36. The van der Waals surface area contributed by atoms with Crippen molar-refractivity contribution in [2.75, 3.05) is 31.7 Å². The van der Waals surface area contributed by atoms with E-state index in [1.165, 1.54) is 0 Å². The second kappa shape index (κ2) is 6.34. The zero-order valence-corrected chi connectivity index (χ0v) is 12.2. The summed E-state index contributed by atoms with van der Waals surface area (Å²) in [6.45, 7) is 6.20. The fraction of sp³-hybridized carbons (Fsp3) is 0.750. The van der Waals surface area contributed by atoms with E-state index in [1.54, 1.807) is 7.11 Å². The van der Waals surface area contributed by atoms with Crippen molar-refractivity contribution in [2.24, 2.45) is 5.92 Å². The molecule has 0 spiro atoms. The van der Waals surface area contributed by atoms with Gasteiger partial charge in [0.1, 0.15) is 0 Å². The topological polar surface area (TPSA) is 60.4 Å². The molecule has 0 N–H and O–H groups in total. The van der Waals surface area contributed by atoms with Crippen LogP contribution in [-0.4, -0.2) is 47.9 Å². The van der Waals surface area contributed by atoms with Gasteiger partial charge in [0.2, 0.25) is 11.2 Å². The highest BCUT2D eigenvalue weighted by Crippen LogP contribution is 2.24. The Kier molecular flexibility index (Phi) is 4.76. The van der Waals surface area contributed by atoms with Crippen molar-refractivity contribution in [3.63, 3.8) is 0 Å². The van der Waals surface area contributed by atoms with E-state index in [0.717, 1.165) is 19.5 Å². The number of rotatable bonds is 4. The quantitative estimate of drug-likeness (QED) is 0.841. The van der Waals surface area contributed by atoms with Gasteiger partial charge >= 0.3 is 6.01 Å². The summed E-state index contributed by atoms with van der Waals surface area (Å²) in [7, 11) is 1.73. The monoisotopic (exact) mass is 286 g/mol. The minimum Gasteiger partial charge on any atom is -0.464 e. The van der Waals surface area contributed by atoms with Gasteiger partial charge in [0.05, 0.1) is 12.7 Å². The van der Waals surface area contributed by atoms with Gasteiger partial charge < -0.3 is 14.4 Å². The highest BCUT2D eigenvalue weighted by Gasteiger charge is 2.28. The molecule has 106 valence electrons. The number of methoxy groups -OCH3 is 1. The van der Waals surface area contributed by atoms with Crippen LogP contribution < -0.4 is 9.64 Å². The van der Waals surface area contributed by atoms with Gasteiger partial charge in [-0.3, -0.25) is 0 Å². The zero-order valence-electron chi connectivity index (χ0n) is 11.5. The molecule has 2 rings (SSSR count). The summed E-state index contributed by atoms with van der Waals surface area (Å²) in [5, 5.41) is 0.154. The van der Waals surface area contributed by atoms with Crippen LogP contribution in [0.3, 0.4) is 0 Å². The van der Waals surface area contributed by atoms with Crippen molar-refractivity contribution in [1.82, 2.24) is 15.0 Å². The average Bonchev–Trinajstić information content (AvgIpc) is 2.39. The Hall–Kier alpha value is -1.14. The predicted molar refractivity (Wildman–Crippen MR) is 72.8 cm³/mol.